The Morgan fingerprint density at radius 2 is 2.20 bits per heavy atom. The van der Waals surface area contributed by atoms with Gasteiger partial charge in [-0.2, -0.15) is 0 Å². The molecule has 1 aromatic rings. The Labute approximate surface area is 88.2 Å². The average Bonchev–Trinajstić information content (AvgIpc) is 2.99. The van der Waals surface area contributed by atoms with Gasteiger partial charge in [-0.15, -0.1) is 0 Å². The number of carbonyl (C=O) groups is 1. The van der Waals surface area contributed by atoms with E-state index in [-0.39, 0.29) is 0 Å². The summed E-state index contributed by atoms with van der Waals surface area (Å²) >= 11 is 0. The molecule has 0 radical (unpaired) electrons. The van der Waals surface area contributed by atoms with Crippen molar-refractivity contribution < 1.29 is 9.53 Å². The Balaban J connectivity index is 2.07. The van der Waals surface area contributed by atoms with Crippen molar-refractivity contribution in [3.63, 3.8) is 0 Å². The molecule has 0 atom stereocenters. The number of hydrogen-bond donors (Lipinski definition) is 2. The maximum Gasteiger partial charge on any atom is 0.248 e. The molecule has 1 amide bonds. The van der Waals surface area contributed by atoms with Crippen molar-refractivity contribution in [2.75, 3.05) is 12.3 Å². The van der Waals surface area contributed by atoms with Crippen molar-refractivity contribution >= 4 is 11.6 Å². The summed E-state index contributed by atoms with van der Waals surface area (Å²) in [7, 11) is 0. The molecule has 0 aromatic heterocycles. The number of ether oxygens (including phenoxy) is 1. The molecule has 1 aromatic carbocycles. The minimum absolute atomic E-state index is 0.409. The van der Waals surface area contributed by atoms with Gasteiger partial charge in [0, 0.05) is 5.56 Å². The number of benzene rings is 1. The van der Waals surface area contributed by atoms with Crippen LogP contribution in [0.25, 0.3) is 0 Å². The monoisotopic (exact) mass is 206 g/mol. The first-order valence-corrected chi connectivity index (χ1v) is 4.99. The Bertz CT molecular complexity index is 386. The maximum atomic E-state index is 10.9. The smallest absolute Gasteiger partial charge is 0.248 e. The van der Waals surface area contributed by atoms with E-state index in [9.17, 15) is 4.79 Å². The summed E-state index contributed by atoms with van der Waals surface area (Å²) in [6.45, 7) is 0.708. The van der Waals surface area contributed by atoms with Gasteiger partial charge in [0.15, 0.2) is 0 Å². The molecule has 0 unspecified atom stereocenters. The highest BCUT2D eigenvalue weighted by Gasteiger charge is 2.22. The zero-order valence-corrected chi connectivity index (χ0v) is 8.40. The van der Waals surface area contributed by atoms with Crippen molar-refractivity contribution in [3.8, 4) is 5.75 Å². The normalized spacial score (nSPS) is 14.9. The lowest BCUT2D eigenvalue weighted by Gasteiger charge is -2.08. The predicted octanol–water partition coefficient (Wildman–Crippen LogP) is 1.16. The van der Waals surface area contributed by atoms with E-state index in [4.69, 9.17) is 16.2 Å². The molecule has 4 N–H and O–H groups in total. The van der Waals surface area contributed by atoms with E-state index in [1.165, 1.54) is 12.8 Å². The Morgan fingerprint density at radius 3 is 2.73 bits per heavy atom. The zero-order valence-electron chi connectivity index (χ0n) is 8.40. The fourth-order valence-corrected chi connectivity index (χ4v) is 1.33. The molecule has 1 aliphatic carbocycles. The van der Waals surface area contributed by atoms with Gasteiger partial charge in [0.1, 0.15) is 5.75 Å². The van der Waals surface area contributed by atoms with Crippen LogP contribution >= 0.6 is 0 Å². The van der Waals surface area contributed by atoms with Gasteiger partial charge in [0.2, 0.25) is 5.91 Å². The minimum atomic E-state index is -0.476. The number of carbonyl (C=O) groups excluding carboxylic acids is 1. The molecule has 2 rings (SSSR count). The zero-order chi connectivity index (χ0) is 10.8. The number of rotatable bonds is 4. The largest absolute Gasteiger partial charge is 0.491 e. The number of amides is 1. The molecule has 0 spiro atoms. The van der Waals surface area contributed by atoms with Crippen LogP contribution in [0.5, 0.6) is 5.75 Å². The van der Waals surface area contributed by atoms with Crippen LogP contribution in [-0.2, 0) is 0 Å². The number of primary amides is 1. The average molecular weight is 206 g/mol. The molecule has 4 nitrogen and oxygen atoms in total. The molecule has 80 valence electrons. The summed E-state index contributed by atoms with van der Waals surface area (Å²) in [5, 5.41) is 0. The second-order valence-corrected chi connectivity index (χ2v) is 3.87. The van der Waals surface area contributed by atoms with Gasteiger partial charge in [0.25, 0.3) is 0 Å². The van der Waals surface area contributed by atoms with Crippen molar-refractivity contribution in [3.05, 3.63) is 23.8 Å². The van der Waals surface area contributed by atoms with Gasteiger partial charge in [-0.3, -0.25) is 4.79 Å². The molecule has 0 heterocycles. The van der Waals surface area contributed by atoms with Crippen LogP contribution in [0.3, 0.4) is 0 Å². The summed E-state index contributed by atoms with van der Waals surface area (Å²) in [5.74, 6) is 0.836. The molecule has 0 aliphatic heterocycles. The van der Waals surface area contributed by atoms with Crippen molar-refractivity contribution in [1.29, 1.82) is 0 Å². The quantitative estimate of drug-likeness (QED) is 0.725. The van der Waals surface area contributed by atoms with Gasteiger partial charge in [0.05, 0.1) is 12.3 Å². The molecule has 15 heavy (non-hydrogen) atoms. The van der Waals surface area contributed by atoms with E-state index in [0.29, 0.717) is 29.5 Å². The third kappa shape index (κ3) is 2.40. The number of hydrogen-bond acceptors (Lipinski definition) is 3. The standard InChI is InChI=1S/C11H14N2O2/c12-9-5-8(11(13)14)3-4-10(9)15-6-7-1-2-7/h3-5,7H,1-2,6,12H2,(H2,13,14). The fraction of sp³-hybridized carbons (Fsp3) is 0.364. The summed E-state index contributed by atoms with van der Waals surface area (Å²) in [6.07, 6.45) is 2.47. The van der Waals surface area contributed by atoms with E-state index in [1.807, 2.05) is 0 Å². The maximum absolute atomic E-state index is 10.9. The Hall–Kier alpha value is -1.71. The molecule has 0 saturated heterocycles. The SMILES string of the molecule is NC(=O)c1ccc(OCC2CC2)c(N)c1. The lowest BCUT2D eigenvalue weighted by atomic mass is 10.2. The number of nitrogens with two attached hydrogens (primary N) is 2. The first-order chi connectivity index (χ1) is 7.16. The lowest BCUT2D eigenvalue weighted by Crippen LogP contribution is -2.11. The molecule has 1 aliphatic rings. The highest BCUT2D eigenvalue weighted by molar-refractivity contribution is 5.94. The molecule has 1 saturated carbocycles. The van der Waals surface area contributed by atoms with E-state index < -0.39 is 5.91 Å². The summed E-state index contributed by atoms with van der Waals surface area (Å²) in [6, 6.07) is 4.86. The highest BCUT2D eigenvalue weighted by Crippen LogP contribution is 2.31. The van der Waals surface area contributed by atoms with Crippen molar-refractivity contribution in [2.45, 2.75) is 12.8 Å². The van der Waals surface area contributed by atoms with E-state index in [2.05, 4.69) is 0 Å². The summed E-state index contributed by atoms with van der Waals surface area (Å²) in [5.41, 5.74) is 11.7. The predicted molar refractivity (Wildman–Crippen MR) is 57.6 cm³/mol. The third-order valence-electron chi connectivity index (χ3n) is 2.47. The Kier molecular flexibility index (Phi) is 2.49. The van der Waals surface area contributed by atoms with Gasteiger partial charge < -0.3 is 16.2 Å². The van der Waals surface area contributed by atoms with E-state index >= 15 is 0 Å². The van der Waals surface area contributed by atoms with Gasteiger partial charge in [-0.1, -0.05) is 0 Å². The third-order valence-corrected chi connectivity index (χ3v) is 2.47. The van der Waals surface area contributed by atoms with Crippen LogP contribution in [-0.4, -0.2) is 12.5 Å². The minimum Gasteiger partial charge on any atom is -0.491 e. The summed E-state index contributed by atoms with van der Waals surface area (Å²) < 4.78 is 5.52. The second kappa shape index (κ2) is 3.81. The lowest BCUT2D eigenvalue weighted by molar-refractivity contribution is 0.100. The van der Waals surface area contributed by atoms with Crippen molar-refractivity contribution in [2.24, 2.45) is 11.7 Å². The van der Waals surface area contributed by atoms with Crippen LogP contribution in [0.4, 0.5) is 5.69 Å². The second-order valence-electron chi connectivity index (χ2n) is 3.87. The van der Waals surface area contributed by atoms with Gasteiger partial charge in [-0.25, -0.2) is 0 Å². The molecular formula is C11H14N2O2. The van der Waals surface area contributed by atoms with Crippen LogP contribution in [0.2, 0.25) is 0 Å². The highest BCUT2D eigenvalue weighted by atomic mass is 16.5. The molecule has 4 heteroatoms. The topological polar surface area (TPSA) is 78.3 Å². The van der Waals surface area contributed by atoms with Crippen LogP contribution in [0.1, 0.15) is 23.2 Å². The van der Waals surface area contributed by atoms with Crippen molar-refractivity contribution in [1.82, 2.24) is 0 Å². The fourth-order valence-electron chi connectivity index (χ4n) is 1.33. The van der Waals surface area contributed by atoms with E-state index in [0.717, 1.165) is 0 Å². The molecular weight excluding hydrogens is 192 g/mol. The summed E-state index contributed by atoms with van der Waals surface area (Å²) in [4.78, 5) is 10.9. The van der Waals surface area contributed by atoms with Gasteiger partial charge in [-0.05, 0) is 37.0 Å². The molecule has 0 bridgehead atoms. The first-order valence-electron chi connectivity index (χ1n) is 4.99. The Morgan fingerprint density at radius 1 is 1.47 bits per heavy atom. The number of anilines is 1. The first kappa shape index (κ1) is 9.83. The van der Waals surface area contributed by atoms with Crippen LogP contribution in [0.15, 0.2) is 18.2 Å². The van der Waals surface area contributed by atoms with Crippen LogP contribution in [0, 0.1) is 5.92 Å². The van der Waals surface area contributed by atoms with Gasteiger partial charge >= 0.3 is 0 Å². The van der Waals surface area contributed by atoms with Crippen LogP contribution < -0.4 is 16.2 Å². The number of nitrogen functional groups attached to an aromatic ring is 1. The van der Waals surface area contributed by atoms with E-state index in [1.54, 1.807) is 18.2 Å². The molecule has 1 fully saturated rings.